The molecule has 0 bridgehead atoms. The Morgan fingerprint density at radius 1 is 1.37 bits per heavy atom. The second-order valence-electron chi connectivity index (χ2n) is 4.52. The van der Waals surface area contributed by atoms with Gasteiger partial charge in [-0.15, -0.1) is 0 Å². The van der Waals surface area contributed by atoms with Crippen LogP contribution in [0.5, 0.6) is 0 Å². The molecule has 5 nitrogen and oxygen atoms in total. The van der Waals surface area contributed by atoms with Crippen molar-refractivity contribution in [1.82, 2.24) is 9.88 Å². The lowest BCUT2D eigenvalue weighted by atomic mass is 10.2. The van der Waals surface area contributed by atoms with Gasteiger partial charge in [0.05, 0.1) is 5.56 Å². The van der Waals surface area contributed by atoms with Crippen molar-refractivity contribution >= 4 is 11.7 Å². The van der Waals surface area contributed by atoms with Crippen LogP contribution < -0.4 is 5.32 Å². The summed E-state index contributed by atoms with van der Waals surface area (Å²) in [6, 6.07) is 3.61. The fourth-order valence-corrected chi connectivity index (χ4v) is 1.52. The Bertz CT molecular complexity index is 377. The lowest BCUT2D eigenvalue weighted by Gasteiger charge is -2.10. The summed E-state index contributed by atoms with van der Waals surface area (Å²) in [5, 5.41) is 3.20. The van der Waals surface area contributed by atoms with Gasteiger partial charge in [-0.05, 0) is 25.0 Å². The van der Waals surface area contributed by atoms with Crippen LogP contribution in [0, 0.1) is 0 Å². The largest absolute Gasteiger partial charge is 0.381 e. The third-order valence-electron chi connectivity index (χ3n) is 2.54. The van der Waals surface area contributed by atoms with Crippen molar-refractivity contribution in [3.63, 3.8) is 0 Å². The van der Waals surface area contributed by atoms with E-state index in [2.05, 4.69) is 17.2 Å². The van der Waals surface area contributed by atoms with E-state index in [1.54, 1.807) is 26.4 Å². The molecule has 106 valence electrons. The van der Waals surface area contributed by atoms with Crippen molar-refractivity contribution < 1.29 is 9.53 Å². The van der Waals surface area contributed by atoms with E-state index < -0.39 is 0 Å². The molecule has 0 fully saturated rings. The number of carbonyl (C=O) groups excluding carboxylic acids is 1. The van der Waals surface area contributed by atoms with Gasteiger partial charge in [-0.1, -0.05) is 6.92 Å². The molecular weight excluding hydrogens is 242 g/mol. The third kappa shape index (κ3) is 5.70. The lowest BCUT2D eigenvalue weighted by Crippen LogP contribution is -2.21. The summed E-state index contributed by atoms with van der Waals surface area (Å²) in [6.45, 7) is 4.49. The molecular formula is C14H23N3O2. The van der Waals surface area contributed by atoms with Crippen molar-refractivity contribution in [2.24, 2.45) is 0 Å². The van der Waals surface area contributed by atoms with E-state index in [0.717, 1.165) is 38.4 Å². The summed E-state index contributed by atoms with van der Waals surface area (Å²) < 4.78 is 5.39. The molecule has 1 heterocycles. The van der Waals surface area contributed by atoms with Crippen LogP contribution in [0.2, 0.25) is 0 Å². The van der Waals surface area contributed by atoms with Crippen LogP contribution in [0.25, 0.3) is 0 Å². The minimum Gasteiger partial charge on any atom is -0.381 e. The molecule has 0 atom stereocenters. The first-order valence-electron chi connectivity index (χ1n) is 6.64. The van der Waals surface area contributed by atoms with Crippen LogP contribution in [-0.4, -0.2) is 49.6 Å². The monoisotopic (exact) mass is 265 g/mol. The molecule has 1 rings (SSSR count). The highest BCUT2D eigenvalue weighted by Gasteiger charge is 2.07. The summed E-state index contributed by atoms with van der Waals surface area (Å²) >= 11 is 0. The number of amides is 1. The topological polar surface area (TPSA) is 54.5 Å². The van der Waals surface area contributed by atoms with E-state index in [9.17, 15) is 4.79 Å². The molecule has 0 unspecified atom stereocenters. The maximum atomic E-state index is 11.7. The molecule has 1 amide bonds. The number of aromatic nitrogens is 1. The number of pyridine rings is 1. The maximum absolute atomic E-state index is 11.7. The highest BCUT2D eigenvalue weighted by atomic mass is 16.5. The van der Waals surface area contributed by atoms with Crippen LogP contribution in [-0.2, 0) is 4.74 Å². The zero-order valence-electron chi connectivity index (χ0n) is 12.0. The van der Waals surface area contributed by atoms with Gasteiger partial charge < -0.3 is 15.0 Å². The minimum absolute atomic E-state index is 0.0352. The molecule has 5 heteroatoms. The molecule has 0 aliphatic heterocycles. The van der Waals surface area contributed by atoms with Gasteiger partial charge in [-0.2, -0.15) is 0 Å². The standard InChI is InChI=1S/C14H23N3O2/c1-4-9-19-10-5-8-15-13-7-6-12(11-16-13)14(18)17(2)3/h6-7,11H,4-5,8-10H2,1-3H3,(H,15,16). The average molecular weight is 265 g/mol. The number of ether oxygens (including phenoxy) is 1. The molecule has 0 aromatic carbocycles. The fraction of sp³-hybridized carbons (Fsp3) is 0.571. The Balaban J connectivity index is 2.30. The second-order valence-corrected chi connectivity index (χ2v) is 4.52. The Hall–Kier alpha value is -1.62. The number of hydrogen-bond donors (Lipinski definition) is 1. The van der Waals surface area contributed by atoms with Gasteiger partial charge in [0.1, 0.15) is 5.82 Å². The van der Waals surface area contributed by atoms with Crippen molar-refractivity contribution in [3.05, 3.63) is 23.9 Å². The fourth-order valence-electron chi connectivity index (χ4n) is 1.52. The Kier molecular flexibility index (Phi) is 6.89. The molecule has 1 N–H and O–H groups in total. The molecule has 0 aliphatic rings. The highest BCUT2D eigenvalue weighted by molar-refractivity contribution is 5.93. The van der Waals surface area contributed by atoms with E-state index in [-0.39, 0.29) is 5.91 Å². The molecule has 0 radical (unpaired) electrons. The summed E-state index contributed by atoms with van der Waals surface area (Å²) in [4.78, 5) is 17.4. The third-order valence-corrected chi connectivity index (χ3v) is 2.54. The van der Waals surface area contributed by atoms with Gasteiger partial charge in [-0.25, -0.2) is 4.98 Å². The quantitative estimate of drug-likeness (QED) is 0.731. The molecule has 1 aromatic rings. The number of anilines is 1. The van der Waals surface area contributed by atoms with Gasteiger partial charge in [-0.3, -0.25) is 4.79 Å². The Morgan fingerprint density at radius 2 is 2.16 bits per heavy atom. The number of carbonyl (C=O) groups is 1. The number of rotatable bonds is 8. The van der Waals surface area contributed by atoms with E-state index >= 15 is 0 Å². The van der Waals surface area contributed by atoms with Gasteiger partial charge in [0.15, 0.2) is 0 Å². The minimum atomic E-state index is -0.0352. The molecule has 19 heavy (non-hydrogen) atoms. The van der Waals surface area contributed by atoms with Crippen molar-refractivity contribution in [1.29, 1.82) is 0 Å². The van der Waals surface area contributed by atoms with Crippen molar-refractivity contribution in [3.8, 4) is 0 Å². The average Bonchev–Trinajstić information content (AvgIpc) is 2.42. The summed E-state index contributed by atoms with van der Waals surface area (Å²) in [7, 11) is 3.45. The summed E-state index contributed by atoms with van der Waals surface area (Å²) in [5.74, 6) is 0.748. The first-order valence-corrected chi connectivity index (χ1v) is 6.64. The lowest BCUT2D eigenvalue weighted by molar-refractivity contribution is 0.0827. The molecule has 0 aliphatic carbocycles. The van der Waals surface area contributed by atoms with E-state index in [4.69, 9.17) is 4.74 Å². The maximum Gasteiger partial charge on any atom is 0.254 e. The van der Waals surface area contributed by atoms with Gasteiger partial charge in [0.25, 0.3) is 5.91 Å². The van der Waals surface area contributed by atoms with Gasteiger partial charge in [0.2, 0.25) is 0 Å². The normalized spacial score (nSPS) is 10.3. The van der Waals surface area contributed by atoms with Crippen LogP contribution in [0.15, 0.2) is 18.3 Å². The predicted molar refractivity (Wildman–Crippen MR) is 76.5 cm³/mol. The first-order chi connectivity index (χ1) is 9.15. The second kappa shape index (κ2) is 8.48. The van der Waals surface area contributed by atoms with E-state index in [1.165, 1.54) is 4.90 Å². The summed E-state index contributed by atoms with van der Waals surface area (Å²) in [6.07, 6.45) is 3.59. The van der Waals surface area contributed by atoms with Gasteiger partial charge in [0, 0.05) is 40.1 Å². The van der Waals surface area contributed by atoms with E-state index in [0.29, 0.717) is 5.56 Å². The molecule has 1 aromatic heterocycles. The zero-order valence-corrected chi connectivity index (χ0v) is 12.0. The number of hydrogen-bond acceptors (Lipinski definition) is 4. The SMILES string of the molecule is CCCOCCCNc1ccc(C(=O)N(C)C)cn1. The van der Waals surface area contributed by atoms with Crippen LogP contribution in [0.1, 0.15) is 30.1 Å². The zero-order chi connectivity index (χ0) is 14.1. The summed E-state index contributed by atoms with van der Waals surface area (Å²) in [5.41, 5.74) is 0.599. The van der Waals surface area contributed by atoms with E-state index in [1.807, 2.05) is 6.07 Å². The number of nitrogens with one attached hydrogen (secondary N) is 1. The van der Waals surface area contributed by atoms with Crippen LogP contribution in [0.3, 0.4) is 0 Å². The molecule has 0 saturated heterocycles. The van der Waals surface area contributed by atoms with Crippen LogP contribution in [0.4, 0.5) is 5.82 Å². The Morgan fingerprint density at radius 3 is 2.74 bits per heavy atom. The number of nitrogens with zero attached hydrogens (tertiary/aromatic N) is 2. The van der Waals surface area contributed by atoms with Crippen LogP contribution >= 0.6 is 0 Å². The van der Waals surface area contributed by atoms with Crippen molar-refractivity contribution in [2.75, 3.05) is 39.2 Å². The first kappa shape index (κ1) is 15.4. The predicted octanol–water partition coefficient (Wildman–Crippen LogP) is 2.01. The van der Waals surface area contributed by atoms with Gasteiger partial charge >= 0.3 is 0 Å². The Labute approximate surface area is 115 Å². The molecule has 0 saturated carbocycles. The highest BCUT2D eigenvalue weighted by Crippen LogP contribution is 2.06. The smallest absolute Gasteiger partial charge is 0.254 e. The molecule has 0 spiro atoms. The van der Waals surface area contributed by atoms with Crippen molar-refractivity contribution in [2.45, 2.75) is 19.8 Å².